The smallest absolute Gasteiger partial charge is 0.245 e. The SMILES string of the molecule is COc1ccc(C2=CCC(=O)N(CC(=O)NCCN3CCCCCC3)N2)cc1. The van der Waals surface area contributed by atoms with Crippen LogP contribution in [0.15, 0.2) is 30.3 Å². The van der Waals surface area contributed by atoms with E-state index in [-0.39, 0.29) is 24.8 Å². The lowest BCUT2D eigenvalue weighted by Gasteiger charge is -2.29. The number of likely N-dealkylation sites (tertiary alicyclic amines) is 1. The molecule has 152 valence electrons. The fourth-order valence-corrected chi connectivity index (χ4v) is 3.55. The van der Waals surface area contributed by atoms with Gasteiger partial charge in [0.15, 0.2) is 0 Å². The van der Waals surface area contributed by atoms with Gasteiger partial charge < -0.3 is 15.0 Å². The fraction of sp³-hybridized carbons (Fsp3) is 0.524. The number of rotatable bonds is 7. The lowest BCUT2D eigenvalue weighted by molar-refractivity contribution is -0.137. The van der Waals surface area contributed by atoms with Gasteiger partial charge >= 0.3 is 0 Å². The summed E-state index contributed by atoms with van der Waals surface area (Å²) >= 11 is 0. The van der Waals surface area contributed by atoms with Crippen LogP contribution < -0.4 is 15.5 Å². The predicted molar refractivity (Wildman–Crippen MR) is 108 cm³/mol. The zero-order valence-corrected chi connectivity index (χ0v) is 16.6. The largest absolute Gasteiger partial charge is 0.497 e. The Kier molecular flexibility index (Phi) is 7.31. The summed E-state index contributed by atoms with van der Waals surface area (Å²) in [7, 11) is 1.62. The number of carbonyl (C=O) groups is 2. The summed E-state index contributed by atoms with van der Waals surface area (Å²) in [6.07, 6.45) is 7.19. The van der Waals surface area contributed by atoms with Crippen molar-refractivity contribution in [3.8, 4) is 5.75 Å². The van der Waals surface area contributed by atoms with E-state index in [2.05, 4.69) is 15.6 Å². The predicted octanol–water partition coefficient (Wildman–Crippen LogP) is 1.77. The molecule has 2 amide bonds. The summed E-state index contributed by atoms with van der Waals surface area (Å²) in [5.41, 5.74) is 4.83. The number of carbonyl (C=O) groups excluding carboxylic acids is 2. The van der Waals surface area contributed by atoms with Crippen LogP contribution >= 0.6 is 0 Å². The van der Waals surface area contributed by atoms with E-state index in [0.29, 0.717) is 6.54 Å². The Labute approximate surface area is 166 Å². The molecule has 7 heteroatoms. The van der Waals surface area contributed by atoms with Crippen molar-refractivity contribution in [2.24, 2.45) is 0 Å². The highest BCUT2D eigenvalue weighted by atomic mass is 16.5. The Morgan fingerprint density at radius 1 is 1.14 bits per heavy atom. The van der Waals surface area contributed by atoms with E-state index in [4.69, 9.17) is 4.74 Å². The van der Waals surface area contributed by atoms with Crippen molar-refractivity contribution >= 4 is 17.5 Å². The second-order valence-corrected chi connectivity index (χ2v) is 7.25. The standard InChI is InChI=1S/C21H30N4O3/c1-28-18-8-6-17(7-9-18)19-10-11-21(27)25(23-19)16-20(26)22-12-15-24-13-4-2-3-5-14-24/h6-10,23H,2-5,11-16H2,1H3,(H,22,26). The molecule has 0 aliphatic carbocycles. The number of hydrogen-bond donors (Lipinski definition) is 2. The normalized spacial score (nSPS) is 18.1. The van der Waals surface area contributed by atoms with E-state index in [1.165, 1.54) is 30.7 Å². The average Bonchev–Trinajstić information content (AvgIpc) is 2.99. The van der Waals surface area contributed by atoms with Crippen LogP contribution in [-0.2, 0) is 9.59 Å². The van der Waals surface area contributed by atoms with Gasteiger partial charge in [0.1, 0.15) is 12.3 Å². The third-order valence-corrected chi connectivity index (χ3v) is 5.19. The molecule has 1 aromatic rings. The minimum atomic E-state index is -0.147. The van der Waals surface area contributed by atoms with Gasteiger partial charge in [-0.2, -0.15) is 0 Å². The Hall–Kier alpha value is -2.54. The van der Waals surface area contributed by atoms with Gasteiger partial charge in [-0.25, -0.2) is 5.01 Å². The number of hydrogen-bond acceptors (Lipinski definition) is 5. The van der Waals surface area contributed by atoms with Crippen molar-refractivity contribution < 1.29 is 14.3 Å². The molecule has 1 aromatic carbocycles. The molecule has 0 bridgehead atoms. The first kappa shape index (κ1) is 20.2. The minimum Gasteiger partial charge on any atom is -0.497 e. The molecular formula is C21H30N4O3. The molecule has 0 saturated carbocycles. The first-order chi connectivity index (χ1) is 13.7. The van der Waals surface area contributed by atoms with Gasteiger partial charge in [0.05, 0.1) is 12.8 Å². The fourth-order valence-electron chi connectivity index (χ4n) is 3.55. The van der Waals surface area contributed by atoms with Crippen LogP contribution in [0.3, 0.4) is 0 Å². The van der Waals surface area contributed by atoms with Gasteiger partial charge in [-0.1, -0.05) is 12.8 Å². The minimum absolute atomic E-state index is 0.00628. The number of amides is 2. The molecule has 2 heterocycles. The number of hydrazine groups is 1. The van der Waals surface area contributed by atoms with Crippen molar-refractivity contribution in [3.05, 3.63) is 35.9 Å². The Morgan fingerprint density at radius 2 is 1.86 bits per heavy atom. The van der Waals surface area contributed by atoms with Gasteiger partial charge in [-0.3, -0.25) is 15.0 Å². The zero-order valence-electron chi connectivity index (χ0n) is 16.6. The van der Waals surface area contributed by atoms with E-state index in [1.807, 2.05) is 30.3 Å². The van der Waals surface area contributed by atoms with Gasteiger partial charge in [0.2, 0.25) is 11.8 Å². The summed E-state index contributed by atoms with van der Waals surface area (Å²) in [6, 6.07) is 7.59. The second-order valence-electron chi connectivity index (χ2n) is 7.25. The van der Waals surface area contributed by atoms with Crippen LogP contribution in [0.4, 0.5) is 0 Å². The van der Waals surface area contributed by atoms with Crippen molar-refractivity contribution in [1.29, 1.82) is 0 Å². The molecule has 7 nitrogen and oxygen atoms in total. The van der Waals surface area contributed by atoms with E-state index in [9.17, 15) is 9.59 Å². The van der Waals surface area contributed by atoms with Crippen LogP contribution in [0.5, 0.6) is 5.75 Å². The highest BCUT2D eigenvalue weighted by molar-refractivity contribution is 5.88. The zero-order chi connectivity index (χ0) is 19.8. The lowest BCUT2D eigenvalue weighted by atomic mass is 10.1. The van der Waals surface area contributed by atoms with Crippen molar-refractivity contribution in [2.75, 3.05) is 39.8 Å². The highest BCUT2D eigenvalue weighted by Crippen LogP contribution is 2.20. The number of ether oxygens (including phenoxy) is 1. The molecule has 0 spiro atoms. The first-order valence-electron chi connectivity index (χ1n) is 10.1. The Morgan fingerprint density at radius 3 is 2.54 bits per heavy atom. The molecular weight excluding hydrogens is 356 g/mol. The van der Waals surface area contributed by atoms with Crippen LogP contribution in [-0.4, -0.2) is 61.6 Å². The molecule has 28 heavy (non-hydrogen) atoms. The second kappa shape index (κ2) is 10.1. The van der Waals surface area contributed by atoms with Crippen LogP contribution in [0.25, 0.3) is 5.70 Å². The van der Waals surface area contributed by atoms with Crippen molar-refractivity contribution in [3.63, 3.8) is 0 Å². The highest BCUT2D eigenvalue weighted by Gasteiger charge is 2.22. The van der Waals surface area contributed by atoms with Gasteiger partial charge in [-0.15, -0.1) is 0 Å². The molecule has 1 saturated heterocycles. The van der Waals surface area contributed by atoms with E-state index >= 15 is 0 Å². The number of methoxy groups -OCH3 is 1. The maximum atomic E-state index is 12.3. The van der Waals surface area contributed by atoms with Crippen molar-refractivity contribution in [1.82, 2.24) is 20.7 Å². The summed E-state index contributed by atoms with van der Waals surface area (Å²) in [6.45, 7) is 3.70. The molecule has 0 atom stereocenters. The van der Waals surface area contributed by atoms with Gasteiger partial charge in [0.25, 0.3) is 0 Å². The number of benzene rings is 1. The summed E-state index contributed by atoms with van der Waals surface area (Å²) < 4.78 is 5.17. The topological polar surface area (TPSA) is 73.9 Å². The van der Waals surface area contributed by atoms with Gasteiger partial charge in [0, 0.05) is 19.5 Å². The Bertz CT molecular complexity index is 694. The monoisotopic (exact) mass is 386 g/mol. The molecule has 2 N–H and O–H groups in total. The van der Waals surface area contributed by atoms with Crippen LogP contribution in [0, 0.1) is 0 Å². The quantitative estimate of drug-likeness (QED) is 0.747. The molecule has 0 aromatic heterocycles. The summed E-state index contributed by atoms with van der Waals surface area (Å²) in [4.78, 5) is 26.9. The Balaban J connectivity index is 1.46. The van der Waals surface area contributed by atoms with E-state index in [1.54, 1.807) is 7.11 Å². The molecule has 2 aliphatic heterocycles. The maximum absolute atomic E-state index is 12.3. The molecule has 0 unspecified atom stereocenters. The summed E-state index contributed by atoms with van der Waals surface area (Å²) in [5.74, 6) is 0.517. The first-order valence-corrected chi connectivity index (χ1v) is 10.1. The molecule has 3 rings (SSSR count). The molecule has 1 fully saturated rings. The van der Waals surface area contributed by atoms with E-state index < -0.39 is 0 Å². The third-order valence-electron chi connectivity index (χ3n) is 5.19. The van der Waals surface area contributed by atoms with Crippen LogP contribution in [0.1, 0.15) is 37.7 Å². The summed E-state index contributed by atoms with van der Waals surface area (Å²) in [5, 5.41) is 4.33. The molecule has 2 aliphatic rings. The average molecular weight is 386 g/mol. The van der Waals surface area contributed by atoms with Gasteiger partial charge in [-0.05, 0) is 61.8 Å². The third kappa shape index (κ3) is 5.73. The maximum Gasteiger partial charge on any atom is 0.245 e. The number of nitrogens with zero attached hydrogens (tertiary/aromatic N) is 2. The van der Waals surface area contributed by atoms with Crippen LogP contribution in [0.2, 0.25) is 0 Å². The lowest BCUT2D eigenvalue weighted by Crippen LogP contribution is -2.50. The number of nitrogens with one attached hydrogen (secondary N) is 2. The van der Waals surface area contributed by atoms with E-state index in [0.717, 1.165) is 36.6 Å². The molecule has 0 radical (unpaired) electrons. The van der Waals surface area contributed by atoms with Crippen molar-refractivity contribution in [2.45, 2.75) is 32.1 Å².